The summed E-state index contributed by atoms with van der Waals surface area (Å²) in [7, 11) is 0. The summed E-state index contributed by atoms with van der Waals surface area (Å²) < 4.78 is 33.1. The van der Waals surface area contributed by atoms with Crippen molar-refractivity contribution < 1.29 is 13.5 Å². The third-order valence-electron chi connectivity index (χ3n) is 3.49. The van der Waals surface area contributed by atoms with Crippen molar-refractivity contribution in [1.29, 1.82) is 0 Å². The largest absolute Gasteiger partial charge is 0.363 e. The molecule has 0 saturated carbocycles. The van der Waals surface area contributed by atoms with Gasteiger partial charge in [0.15, 0.2) is 11.6 Å². The van der Waals surface area contributed by atoms with Crippen LogP contribution in [-0.2, 0) is 4.74 Å². The predicted molar refractivity (Wildman–Crippen MR) is 72.2 cm³/mol. The number of nitrogens with one attached hydrogen (secondary N) is 1. The van der Waals surface area contributed by atoms with Crippen molar-refractivity contribution in [3.8, 4) is 0 Å². The highest BCUT2D eigenvalue weighted by Gasteiger charge is 2.27. The number of hydrogen-bond acceptors (Lipinski definition) is 2. The second kappa shape index (κ2) is 5.69. The minimum absolute atomic E-state index is 0.155. The summed E-state index contributed by atoms with van der Waals surface area (Å²) in [5.41, 5.74) is 1.29. The lowest BCUT2D eigenvalue weighted by atomic mass is 10.0. The first-order chi connectivity index (χ1) is 9.75. The molecule has 1 heterocycles. The molecule has 2 atom stereocenters. The molecule has 0 amide bonds. The van der Waals surface area contributed by atoms with E-state index in [1.54, 1.807) is 6.07 Å². The zero-order valence-corrected chi connectivity index (χ0v) is 10.9. The van der Waals surface area contributed by atoms with E-state index in [-0.39, 0.29) is 11.7 Å². The first-order valence-electron chi connectivity index (χ1n) is 6.61. The van der Waals surface area contributed by atoms with Gasteiger partial charge in [0.2, 0.25) is 0 Å². The molecule has 0 bridgehead atoms. The molecule has 1 fully saturated rings. The summed E-state index contributed by atoms with van der Waals surface area (Å²) in [6.45, 7) is 1.14. The van der Waals surface area contributed by atoms with E-state index in [0.29, 0.717) is 13.1 Å². The van der Waals surface area contributed by atoms with Gasteiger partial charge in [0.05, 0.1) is 12.2 Å². The van der Waals surface area contributed by atoms with Crippen molar-refractivity contribution in [3.05, 3.63) is 71.3 Å². The van der Waals surface area contributed by atoms with Crippen LogP contribution < -0.4 is 5.32 Å². The molecule has 1 saturated heterocycles. The fourth-order valence-corrected chi connectivity index (χ4v) is 2.46. The van der Waals surface area contributed by atoms with Gasteiger partial charge in [-0.1, -0.05) is 42.5 Å². The van der Waals surface area contributed by atoms with E-state index in [1.165, 1.54) is 6.07 Å². The van der Waals surface area contributed by atoms with Crippen LogP contribution in [0, 0.1) is 11.6 Å². The molecule has 3 rings (SSSR count). The molecule has 1 aliphatic heterocycles. The molecule has 2 nitrogen and oxygen atoms in total. The summed E-state index contributed by atoms with van der Waals surface area (Å²) in [4.78, 5) is 0. The second-order valence-corrected chi connectivity index (χ2v) is 4.83. The summed E-state index contributed by atoms with van der Waals surface area (Å²) in [6, 6.07) is 13.9. The van der Waals surface area contributed by atoms with E-state index in [4.69, 9.17) is 4.74 Å². The van der Waals surface area contributed by atoms with E-state index in [1.807, 2.05) is 30.3 Å². The van der Waals surface area contributed by atoms with Crippen molar-refractivity contribution in [2.75, 3.05) is 13.1 Å². The first kappa shape index (κ1) is 13.2. The van der Waals surface area contributed by atoms with Crippen LogP contribution in [0.15, 0.2) is 48.5 Å². The molecule has 2 unspecified atom stereocenters. The zero-order chi connectivity index (χ0) is 13.9. The number of benzene rings is 2. The fraction of sp³-hybridized carbons (Fsp3) is 0.250. The lowest BCUT2D eigenvalue weighted by Crippen LogP contribution is -2.36. The maximum absolute atomic E-state index is 13.8. The molecule has 1 aliphatic rings. The highest BCUT2D eigenvalue weighted by molar-refractivity contribution is 5.24. The van der Waals surface area contributed by atoms with Crippen molar-refractivity contribution in [2.24, 2.45) is 0 Å². The van der Waals surface area contributed by atoms with Crippen molar-refractivity contribution in [2.45, 2.75) is 12.2 Å². The Balaban J connectivity index is 1.83. The Labute approximate surface area is 116 Å². The van der Waals surface area contributed by atoms with Gasteiger partial charge in [0, 0.05) is 18.7 Å². The maximum atomic E-state index is 13.8. The smallest absolute Gasteiger partial charge is 0.164 e. The van der Waals surface area contributed by atoms with E-state index in [9.17, 15) is 8.78 Å². The summed E-state index contributed by atoms with van der Waals surface area (Å²) in [6.07, 6.45) is -0.637. The number of morpholine rings is 1. The van der Waals surface area contributed by atoms with Crippen LogP contribution in [-0.4, -0.2) is 13.1 Å². The zero-order valence-electron chi connectivity index (χ0n) is 10.9. The van der Waals surface area contributed by atoms with Gasteiger partial charge < -0.3 is 10.1 Å². The molecule has 0 aromatic heterocycles. The minimum Gasteiger partial charge on any atom is -0.363 e. The van der Waals surface area contributed by atoms with E-state index < -0.39 is 17.7 Å². The van der Waals surface area contributed by atoms with Crippen LogP contribution in [0.1, 0.15) is 23.3 Å². The Bertz CT molecular complexity index is 588. The second-order valence-electron chi connectivity index (χ2n) is 4.83. The molecule has 0 radical (unpaired) electrons. The molecule has 1 N–H and O–H groups in total. The molecule has 0 spiro atoms. The number of halogens is 2. The third kappa shape index (κ3) is 2.57. The average molecular weight is 275 g/mol. The van der Waals surface area contributed by atoms with Gasteiger partial charge in [0.25, 0.3) is 0 Å². The normalized spacial score (nSPS) is 22.7. The molecular formula is C16H15F2NO. The molecule has 2 aromatic rings. The Morgan fingerprint density at radius 1 is 0.900 bits per heavy atom. The highest BCUT2D eigenvalue weighted by atomic mass is 19.2. The summed E-state index contributed by atoms with van der Waals surface area (Å²) in [5, 5.41) is 3.21. The molecule has 104 valence electrons. The van der Waals surface area contributed by atoms with Crippen LogP contribution in [0.5, 0.6) is 0 Å². The van der Waals surface area contributed by atoms with Crippen LogP contribution in [0.3, 0.4) is 0 Å². The fourth-order valence-electron chi connectivity index (χ4n) is 2.46. The van der Waals surface area contributed by atoms with Gasteiger partial charge >= 0.3 is 0 Å². The van der Waals surface area contributed by atoms with Gasteiger partial charge in [0.1, 0.15) is 0 Å². The van der Waals surface area contributed by atoms with E-state index in [0.717, 1.165) is 11.6 Å². The monoisotopic (exact) mass is 275 g/mol. The van der Waals surface area contributed by atoms with Crippen molar-refractivity contribution in [1.82, 2.24) is 5.32 Å². The number of rotatable bonds is 2. The standard InChI is InChI=1S/C16H15F2NO/c17-13-8-4-7-12(16(13)18)15-10-19-9-14(20-15)11-5-2-1-3-6-11/h1-8,14-15,19H,9-10H2. The quantitative estimate of drug-likeness (QED) is 0.907. The van der Waals surface area contributed by atoms with Gasteiger partial charge in [-0.05, 0) is 11.6 Å². The minimum atomic E-state index is -0.840. The average Bonchev–Trinajstić information content (AvgIpc) is 2.51. The van der Waals surface area contributed by atoms with Crippen LogP contribution in [0.25, 0.3) is 0 Å². The highest BCUT2D eigenvalue weighted by Crippen LogP contribution is 2.31. The lowest BCUT2D eigenvalue weighted by molar-refractivity contribution is -0.0423. The van der Waals surface area contributed by atoms with Crippen LogP contribution in [0.2, 0.25) is 0 Å². The molecule has 0 aliphatic carbocycles. The Morgan fingerprint density at radius 2 is 1.65 bits per heavy atom. The number of hydrogen-bond donors (Lipinski definition) is 1. The third-order valence-corrected chi connectivity index (χ3v) is 3.49. The molecule has 2 aromatic carbocycles. The Hall–Kier alpha value is -1.78. The molecular weight excluding hydrogens is 260 g/mol. The Morgan fingerprint density at radius 3 is 2.45 bits per heavy atom. The SMILES string of the molecule is Fc1cccc(C2CNCC(c3ccccc3)O2)c1F. The predicted octanol–water partition coefficient (Wildman–Crippen LogP) is 3.37. The summed E-state index contributed by atoms with van der Waals surface area (Å²) >= 11 is 0. The van der Waals surface area contributed by atoms with Crippen molar-refractivity contribution >= 4 is 0 Å². The lowest BCUT2D eigenvalue weighted by Gasteiger charge is -2.31. The summed E-state index contributed by atoms with van der Waals surface area (Å²) in [5.74, 6) is -1.67. The maximum Gasteiger partial charge on any atom is 0.164 e. The van der Waals surface area contributed by atoms with Gasteiger partial charge in [-0.2, -0.15) is 0 Å². The molecule has 20 heavy (non-hydrogen) atoms. The van der Waals surface area contributed by atoms with E-state index >= 15 is 0 Å². The Kier molecular flexibility index (Phi) is 3.76. The topological polar surface area (TPSA) is 21.3 Å². The van der Waals surface area contributed by atoms with Gasteiger partial charge in [-0.15, -0.1) is 0 Å². The molecule has 4 heteroatoms. The van der Waals surface area contributed by atoms with E-state index in [2.05, 4.69) is 5.32 Å². The van der Waals surface area contributed by atoms with Gasteiger partial charge in [-0.25, -0.2) is 8.78 Å². The van der Waals surface area contributed by atoms with Gasteiger partial charge in [-0.3, -0.25) is 0 Å². The van der Waals surface area contributed by atoms with Crippen molar-refractivity contribution in [3.63, 3.8) is 0 Å². The first-order valence-corrected chi connectivity index (χ1v) is 6.61. The number of ether oxygens (including phenoxy) is 1. The van der Waals surface area contributed by atoms with Crippen LogP contribution >= 0.6 is 0 Å². The van der Waals surface area contributed by atoms with Crippen LogP contribution in [0.4, 0.5) is 8.78 Å².